The molecule has 3 fully saturated rings. The Bertz CT molecular complexity index is 422. The number of ether oxygens (including phenoxy) is 1. The van der Waals surface area contributed by atoms with Crippen molar-refractivity contribution in [3.63, 3.8) is 0 Å². The highest BCUT2D eigenvalue weighted by Crippen LogP contribution is 2.37. The van der Waals surface area contributed by atoms with Gasteiger partial charge in [-0.15, -0.1) is 11.6 Å². The Morgan fingerprint density at radius 3 is 1.56 bits per heavy atom. The van der Waals surface area contributed by atoms with Gasteiger partial charge in [0.25, 0.3) is 0 Å². The fraction of sp³-hybridized carbons (Fsp3) is 0.960. The number of nitrogens with one attached hydrogen (secondary N) is 1. The summed E-state index contributed by atoms with van der Waals surface area (Å²) < 4.78 is 4.25. The number of rotatable bonds is 4. The smallest absolute Gasteiger partial charge is 0.239 e. The molecule has 0 aromatic carbocycles. The van der Waals surface area contributed by atoms with Gasteiger partial charge in [-0.25, -0.2) is 0 Å². The summed E-state index contributed by atoms with van der Waals surface area (Å²) in [7, 11) is 5.14. The summed E-state index contributed by atoms with van der Waals surface area (Å²) in [6, 6.07) is -0.0340. The summed E-state index contributed by atoms with van der Waals surface area (Å²) in [6.45, 7) is 6.09. The number of likely N-dealkylation sites (tertiary alicyclic amines) is 1. The van der Waals surface area contributed by atoms with Crippen molar-refractivity contribution in [2.24, 2.45) is 17.8 Å². The Kier molecular flexibility index (Phi) is 21.1. The molecule has 0 radical (unpaired) electrons. The number of carbonyl (C=O) groups is 1. The van der Waals surface area contributed by atoms with E-state index in [1.54, 1.807) is 14.2 Å². The minimum Gasteiger partial charge on any atom is -0.412 e. The monoisotopic (exact) mass is 480 g/mol. The van der Waals surface area contributed by atoms with E-state index in [2.05, 4.69) is 28.8 Å². The molecule has 2 aliphatic carbocycles. The summed E-state index contributed by atoms with van der Waals surface area (Å²) >= 11 is 6.21. The molecule has 2 saturated carbocycles. The molecule has 1 atom stereocenters. The van der Waals surface area contributed by atoms with E-state index in [9.17, 15) is 4.79 Å². The predicted octanol–water partition coefficient (Wildman–Crippen LogP) is 4.22. The lowest BCUT2D eigenvalue weighted by atomic mass is 9.75. The molecule has 1 heterocycles. The zero-order valence-electron chi connectivity index (χ0n) is 21.4. The van der Waals surface area contributed by atoms with Gasteiger partial charge >= 0.3 is 0 Å². The second-order valence-electron chi connectivity index (χ2n) is 9.71. The van der Waals surface area contributed by atoms with E-state index in [0.717, 1.165) is 24.9 Å². The SMILES string of the molecule is C1CCCCC1.CN[C@@H](C(=O)N1CCC(C2CCC(Cl)CC2)CC1)C(C)C.COC.O.O. The molecule has 6 nitrogen and oxygen atoms in total. The summed E-state index contributed by atoms with van der Waals surface area (Å²) in [5.74, 6) is 2.29. The lowest BCUT2D eigenvalue weighted by molar-refractivity contribution is -0.136. The highest BCUT2D eigenvalue weighted by atomic mass is 35.5. The number of hydrogen-bond donors (Lipinski definition) is 1. The second kappa shape index (κ2) is 20.0. The second-order valence-corrected chi connectivity index (χ2v) is 10.3. The van der Waals surface area contributed by atoms with Gasteiger partial charge in [-0.05, 0) is 63.3 Å². The Labute approximate surface area is 202 Å². The maximum Gasteiger partial charge on any atom is 0.239 e. The first-order valence-electron chi connectivity index (χ1n) is 12.4. The number of carbonyl (C=O) groups excluding carboxylic acids is 1. The molecule has 32 heavy (non-hydrogen) atoms. The van der Waals surface area contributed by atoms with Crippen LogP contribution in [-0.2, 0) is 9.53 Å². The molecule has 1 saturated heterocycles. The molecule has 0 spiro atoms. The molecule has 0 aromatic rings. The first-order valence-corrected chi connectivity index (χ1v) is 12.9. The minimum absolute atomic E-state index is 0. The van der Waals surface area contributed by atoms with E-state index in [-0.39, 0.29) is 22.9 Å². The third-order valence-corrected chi connectivity index (χ3v) is 7.40. The summed E-state index contributed by atoms with van der Waals surface area (Å²) in [5.41, 5.74) is 0. The fourth-order valence-corrected chi connectivity index (χ4v) is 5.39. The predicted molar refractivity (Wildman–Crippen MR) is 136 cm³/mol. The number of alkyl halides is 1. The van der Waals surface area contributed by atoms with E-state index in [4.69, 9.17) is 11.6 Å². The third-order valence-electron chi connectivity index (χ3n) is 6.96. The maximum atomic E-state index is 12.5. The van der Waals surface area contributed by atoms with E-state index < -0.39 is 0 Å². The van der Waals surface area contributed by atoms with Crippen molar-refractivity contribution >= 4 is 17.5 Å². The number of methoxy groups -OCH3 is 1. The van der Waals surface area contributed by atoms with Crippen LogP contribution < -0.4 is 5.32 Å². The van der Waals surface area contributed by atoms with Crippen LogP contribution in [0.5, 0.6) is 0 Å². The zero-order chi connectivity index (χ0) is 22.4. The zero-order valence-corrected chi connectivity index (χ0v) is 22.2. The minimum atomic E-state index is -0.0340. The van der Waals surface area contributed by atoms with Crippen LogP contribution in [0.25, 0.3) is 0 Å². The van der Waals surface area contributed by atoms with Crippen molar-refractivity contribution in [1.29, 1.82) is 0 Å². The van der Waals surface area contributed by atoms with Gasteiger partial charge < -0.3 is 25.9 Å². The molecule has 3 rings (SSSR count). The summed E-state index contributed by atoms with van der Waals surface area (Å²) in [6.07, 6.45) is 16.3. The van der Waals surface area contributed by atoms with E-state index in [1.165, 1.54) is 77.0 Å². The first kappa shape index (κ1) is 33.8. The van der Waals surface area contributed by atoms with Gasteiger partial charge in [0.05, 0.1) is 6.04 Å². The van der Waals surface area contributed by atoms with Gasteiger partial charge in [0.15, 0.2) is 0 Å². The fourth-order valence-electron chi connectivity index (χ4n) is 5.14. The van der Waals surface area contributed by atoms with Crippen LogP contribution in [0.15, 0.2) is 0 Å². The largest absolute Gasteiger partial charge is 0.412 e. The van der Waals surface area contributed by atoms with Gasteiger partial charge in [0.2, 0.25) is 5.91 Å². The van der Waals surface area contributed by atoms with Crippen molar-refractivity contribution in [1.82, 2.24) is 10.2 Å². The number of piperidine rings is 1. The average Bonchev–Trinajstić information content (AvgIpc) is 2.77. The third kappa shape index (κ3) is 12.7. The van der Waals surface area contributed by atoms with E-state index in [0.29, 0.717) is 11.3 Å². The first-order chi connectivity index (χ1) is 14.4. The molecule has 5 N–H and O–H groups in total. The van der Waals surface area contributed by atoms with Crippen molar-refractivity contribution in [2.45, 2.75) is 102 Å². The summed E-state index contributed by atoms with van der Waals surface area (Å²) in [5, 5.41) is 3.58. The molecule has 1 aliphatic heterocycles. The van der Waals surface area contributed by atoms with Crippen LogP contribution in [0.2, 0.25) is 0 Å². The number of halogens is 1. The average molecular weight is 481 g/mol. The Hall–Kier alpha value is -0.400. The molecule has 0 aromatic heterocycles. The molecular weight excluding hydrogens is 428 g/mol. The highest BCUT2D eigenvalue weighted by Gasteiger charge is 2.33. The normalized spacial score (nSPS) is 24.5. The van der Waals surface area contributed by atoms with Crippen molar-refractivity contribution in [3.05, 3.63) is 0 Å². The Morgan fingerprint density at radius 2 is 1.22 bits per heavy atom. The van der Waals surface area contributed by atoms with Crippen LogP contribution >= 0.6 is 11.6 Å². The number of likely N-dealkylation sites (N-methyl/N-ethyl adjacent to an activating group) is 1. The number of hydrogen-bond acceptors (Lipinski definition) is 3. The number of nitrogens with zero attached hydrogens (tertiary/aromatic N) is 1. The topological polar surface area (TPSA) is 105 Å². The quantitative estimate of drug-likeness (QED) is 0.608. The summed E-state index contributed by atoms with van der Waals surface area (Å²) in [4.78, 5) is 14.6. The van der Waals surface area contributed by atoms with Gasteiger partial charge in [-0.1, -0.05) is 52.4 Å². The molecule has 0 unspecified atom stereocenters. The van der Waals surface area contributed by atoms with Crippen molar-refractivity contribution in [2.75, 3.05) is 34.4 Å². The molecule has 1 amide bonds. The molecule has 3 aliphatic rings. The molecule has 194 valence electrons. The van der Waals surface area contributed by atoms with Crippen LogP contribution in [-0.4, -0.2) is 67.5 Å². The Morgan fingerprint density at radius 1 is 0.844 bits per heavy atom. The van der Waals surface area contributed by atoms with Gasteiger partial charge in [0, 0.05) is 32.7 Å². The standard InChI is InChI=1S/C17H31ClN2O.C6H12.C2H6O.2H2O/c1-12(2)16(19-3)17(21)20-10-8-14(9-11-20)13-4-6-15(18)7-5-13;1-2-4-6-5-3-1;1-3-2;;/h12-16,19H,4-11H2,1-3H3;1-6H2;1-2H3;2*1H2/t13?,15?,16-;;;;/m1..../s1. The van der Waals surface area contributed by atoms with Crippen LogP contribution in [0, 0.1) is 17.8 Å². The van der Waals surface area contributed by atoms with Crippen molar-refractivity contribution < 1.29 is 20.5 Å². The van der Waals surface area contributed by atoms with Crippen molar-refractivity contribution in [3.8, 4) is 0 Å². The van der Waals surface area contributed by atoms with Crippen LogP contribution in [0.3, 0.4) is 0 Å². The molecule has 0 bridgehead atoms. The molecule has 7 heteroatoms. The lowest BCUT2D eigenvalue weighted by Gasteiger charge is -2.39. The van der Waals surface area contributed by atoms with Gasteiger partial charge in [-0.3, -0.25) is 4.79 Å². The lowest BCUT2D eigenvalue weighted by Crippen LogP contribution is -2.51. The van der Waals surface area contributed by atoms with Crippen LogP contribution in [0.4, 0.5) is 0 Å². The number of amides is 1. The van der Waals surface area contributed by atoms with E-state index >= 15 is 0 Å². The van der Waals surface area contributed by atoms with Gasteiger partial charge in [0.1, 0.15) is 0 Å². The Balaban J connectivity index is 0. The highest BCUT2D eigenvalue weighted by molar-refractivity contribution is 6.20. The van der Waals surface area contributed by atoms with Crippen LogP contribution in [0.1, 0.15) is 90.9 Å². The maximum absolute atomic E-state index is 12.5. The van der Waals surface area contributed by atoms with E-state index in [1.807, 2.05) is 7.05 Å². The van der Waals surface area contributed by atoms with Gasteiger partial charge in [-0.2, -0.15) is 0 Å². The molecular formula is C25H53ClN2O4.